The molecule has 5 heteroatoms. The summed E-state index contributed by atoms with van der Waals surface area (Å²) in [7, 11) is 1.99. The Morgan fingerprint density at radius 3 is 2.54 bits per heavy atom. The van der Waals surface area contributed by atoms with Gasteiger partial charge >= 0.3 is 0 Å². The zero-order chi connectivity index (χ0) is 16.9. The van der Waals surface area contributed by atoms with E-state index in [1.165, 1.54) is 11.3 Å². The fraction of sp³-hybridized carbons (Fsp3) is 0.316. The number of nitriles is 1. The van der Waals surface area contributed by atoms with Crippen molar-refractivity contribution >= 4 is 23.0 Å². The molecule has 0 atom stereocenters. The molecule has 1 aliphatic rings. The Morgan fingerprint density at radius 1 is 1.17 bits per heavy atom. The summed E-state index contributed by atoms with van der Waals surface area (Å²) in [5.41, 5.74) is 3.91. The molecule has 1 heterocycles. The van der Waals surface area contributed by atoms with Crippen molar-refractivity contribution in [1.82, 2.24) is 0 Å². The van der Waals surface area contributed by atoms with E-state index in [2.05, 4.69) is 40.1 Å². The molecule has 24 heavy (non-hydrogen) atoms. The second kappa shape index (κ2) is 7.57. The van der Waals surface area contributed by atoms with Crippen LogP contribution in [0.3, 0.4) is 0 Å². The van der Waals surface area contributed by atoms with Gasteiger partial charge in [-0.3, -0.25) is 0 Å². The molecular formula is C19H20ClN3O. The quantitative estimate of drug-likeness (QED) is 0.850. The lowest BCUT2D eigenvalue weighted by atomic mass is 10.1. The van der Waals surface area contributed by atoms with Crippen LogP contribution >= 0.6 is 11.6 Å². The predicted octanol–water partition coefficient (Wildman–Crippen LogP) is 3.68. The lowest BCUT2D eigenvalue weighted by molar-refractivity contribution is 0.122. The van der Waals surface area contributed by atoms with Crippen molar-refractivity contribution in [3.8, 4) is 6.07 Å². The van der Waals surface area contributed by atoms with Crippen molar-refractivity contribution in [2.45, 2.75) is 6.54 Å². The molecule has 2 aromatic carbocycles. The van der Waals surface area contributed by atoms with Gasteiger partial charge in [-0.15, -0.1) is 0 Å². The lowest BCUT2D eigenvalue weighted by Crippen LogP contribution is -2.36. The molecule has 0 aliphatic carbocycles. The number of hydrogen-bond acceptors (Lipinski definition) is 4. The number of nitrogens with zero attached hydrogens (tertiary/aromatic N) is 3. The number of hydrogen-bond donors (Lipinski definition) is 0. The molecule has 3 rings (SSSR count). The first-order valence-corrected chi connectivity index (χ1v) is 8.37. The van der Waals surface area contributed by atoms with Crippen LogP contribution in [-0.2, 0) is 11.3 Å². The third-order valence-electron chi connectivity index (χ3n) is 4.22. The molecule has 1 aliphatic heterocycles. The summed E-state index contributed by atoms with van der Waals surface area (Å²) in [6.07, 6.45) is 0. The molecule has 0 radical (unpaired) electrons. The summed E-state index contributed by atoms with van der Waals surface area (Å²) in [4.78, 5) is 4.41. The van der Waals surface area contributed by atoms with E-state index in [0.29, 0.717) is 10.6 Å². The van der Waals surface area contributed by atoms with Gasteiger partial charge in [-0.1, -0.05) is 23.7 Å². The van der Waals surface area contributed by atoms with E-state index >= 15 is 0 Å². The largest absolute Gasteiger partial charge is 0.378 e. The van der Waals surface area contributed by atoms with Crippen LogP contribution in [0.2, 0.25) is 5.02 Å². The SMILES string of the molecule is CN(Cc1ccc(N2CCOCC2)cc1)c1ccc(Cl)cc1C#N. The number of anilines is 2. The molecule has 0 unspecified atom stereocenters. The van der Waals surface area contributed by atoms with E-state index in [1.54, 1.807) is 6.07 Å². The lowest BCUT2D eigenvalue weighted by Gasteiger charge is -2.29. The maximum Gasteiger partial charge on any atom is 0.101 e. The number of halogens is 1. The first-order valence-electron chi connectivity index (χ1n) is 8.00. The molecule has 0 N–H and O–H groups in total. The summed E-state index contributed by atoms with van der Waals surface area (Å²) >= 11 is 5.97. The Labute approximate surface area is 147 Å². The average Bonchev–Trinajstić information content (AvgIpc) is 2.63. The zero-order valence-corrected chi connectivity index (χ0v) is 14.5. The van der Waals surface area contributed by atoms with Crippen molar-refractivity contribution in [3.63, 3.8) is 0 Å². The van der Waals surface area contributed by atoms with Gasteiger partial charge < -0.3 is 14.5 Å². The van der Waals surface area contributed by atoms with E-state index in [9.17, 15) is 5.26 Å². The fourth-order valence-electron chi connectivity index (χ4n) is 2.92. The third-order valence-corrected chi connectivity index (χ3v) is 4.46. The van der Waals surface area contributed by atoms with Crippen molar-refractivity contribution in [3.05, 3.63) is 58.6 Å². The number of benzene rings is 2. The molecule has 124 valence electrons. The van der Waals surface area contributed by atoms with Gasteiger partial charge in [0.05, 0.1) is 24.5 Å². The maximum absolute atomic E-state index is 9.29. The van der Waals surface area contributed by atoms with Crippen LogP contribution in [0.25, 0.3) is 0 Å². The van der Waals surface area contributed by atoms with Gasteiger partial charge in [-0.25, -0.2) is 0 Å². The molecule has 0 aromatic heterocycles. The first kappa shape index (κ1) is 16.6. The second-order valence-electron chi connectivity index (χ2n) is 5.90. The topological polar surface area (TPSA) is 39.5 Å². The van der Waals surface area contributed by atoms with Gasteiger partial charge in [0.15, 0.2) is 0 Å². The molecule has 2 aromatic rings. The zero-order valence-electron chi connectivity index (χ0n) is 13.7. The highest BCUT2D eigenvalue weighted by atomic mass is 35.5. The Hall–Kier alpha value is -2.22. The minimum Gasteiger partial charge on any atom is -0.378 e. The summed E-state index contributed by atoms with van der Waals surface area (Å²) in [5.74, 6) is 0. The summed E-state index contributed by atoms with van der Waals surface area (Å²) in [6, 6.07) is 16.2. The van der Waals surface area contributed by atoms with Crippen molar-refractivity contribution in [2.75, 3.05) is 43.2 Å². The molecule has 1 saturated heterocycles. The van der Waals surface area contributed by atoms with Gasteiger partial charge in [0.1, 0.15) is 6.07 Å². The minimum atomic E-state index is 0.582. The molecule has 0 spiro atoms. The Kier molecular flexibility index (Phi) is 5.24. The Bertz CT molecular complexity index is 733. The van der Waals surface area contributed by atoms with Crippen LogP contribution in [-0.4, -0.2) is 33.4 Å². The van der Waals surface area contributed by atoms with Crippen LogP contribution in [0.1, 0.15) is 11.1 Å². The van der Waals surface area contributed by atoms with E-state index < -0.39 is 0 Å². The normalized spacial score (nSPS) is 14.3. The number of morpholine rings is 1. The average molecular weight is 342 g/mol. The van der Waals surface area contributed by atoms with Crippen LogP contribution in [0, 0.1) is 11.3 Å². The van der Waals surface area contributed by atoms with Crippen molar-refractivity contribution in [1.29, 1.82) is 5.26 Å². The summed E-state index contributed by atoms with van der Waals surface area (Å²) in [6.45, 7) is 4.20. The van der Waals surface area contributed by atoms with Crippen molar-refractivity contribution < 1.29 is 4.74 Å². The second-order valence-corrected chi connectivity index (χ2v) is 6.33. The van der Waals surface area contributed by atoms with E-state index in [1.807, 2.05) is 19.2 Å². The van der Waals surface area contributed by atoms with Crippen LogP contribution < -0.4 is 9.80 Å². The van der Waals surface area contributed by atoms with Gasteiger partial charge in [0.2, 0.25) is 0 Å². The van der Waals surface area contributed by atoms with Crippen LogP contribution in [0.5, 0.6) is 0 Å². The smallest absolute Gasteiger partial charge is 0.101 e. The standard InChI is InChI=1S/C19H20ClN3O/c1-22(19-7-4-17(20)12-16(19)13-21)14-15-2-5-18(6-3-15)23-8-10-24-11-9-23/h2-7,12H,8-11,14H2,1H3. The molecule has 0 saturated carbocycles. The predicted molar refractivity (Wildman–Crippen MR) is 97.7 cm³/mol. The molecule has 0 bridgehead atoms. The highest BCUT2D eigenvalue weighted by molar-refractivity contribution is 6.30. The summed E-state index contributed by atoms with van der Waals surface area (Å²) in [5, 5.41) is 9.87. The van der Waals surface area contributed by atoms with E-state index in [0.717, 1.165) is 38.5 Å². The molecular weight excluding hydrogens is 322 g/mol. The van der Waals surface area contributed by atoms with E-state index in [4.69, 9.17) is 16.3 Å². The number of rotatable bonds is 4. The van der Waals surface area contributed by atoms with Gasteiger partial charge in [-0.2, -0.15) is 5.26 Å². The maximum atomic E-state index is 9.29. The van der Waals surface area contributed by atoms with Gasteiger partial charge in [0.25, 0.3) is 0 Å². The first-order chi connectivity index (χ1) is 11.7. The fourth-order valence-corrected chi connectivity index (χ4v) is 3.10. The van der Waals surface area contributed by atoms with Crippen LogP contribution in [0.15, 0.2) is 42.5 Å². The molecule has 1 fully saturated rings. The van der Waals surface area contributed by atoms with Crippen LogP contribution in [0.4, 0.5) is 11.4 Å². The highest BCUT2D eigenvalue weighted by Crippen LogP contribution is 2.25. The number of ether oxygens (including phenoxy) is 1. The highest BCUT2D eigenvalue weighted by Gasteiger charge is 2.12. The van der Waals surface area contributed by atoms with Crippen molar-refractivity contribution in [2.24, 2.45) is 0 Å². The Morgan fingerprint density at radius 2 is 1.88 bits per heavy atom. The Balaban J connectivity index is 1.70. The summed E-state index contributed by atoms with van der Waals surface area (Å²) < 4.78 is 5.39. The monoisotopic (exact) mass is 341 g/mol. The van der Waals surface area contributed by atoms with E-state index in [-0.39, 0.29) is 0 Å². The molecule has 0 amide bonds. The van der Waals surface area contributed by atoms with Gasteiger partial charge in [0, 0.05) is 37.4 Å². The molecule has 4 nitrogen and oxygen atoms in total. The minimum absolute atomic E-state index is 0.582. The van der Waals surface area contributed by atoms with Gasteiger partial charge in [-0.05, 0) is 35.9 Å². The third kappa shape index (κ3) is 3.81.